The quantitative estimate of drug-likeness (QED) is 0.560. The van der Waals surface area contributed by atoms with Gasteiger partial charge in [-0.05, 0) is 27.7 Å². The summed E-state index contributed by atoms with van der Waals surface area (Å²) < 4.78 is 0. The Labute approximate surface area is 115 Å². The molecule has 0 radical (unpaired) electrons. The van der Waals surface area contributed by atoms with Crippen LogP contribution in [0.2, 0.25) is 0 Å². The first kappa shape index (κ1) is 29.9. The molecule has 0 N–H and O–H groups in total. The van der Waals surface area contributed by atoms with Crippen molar-refractivity contribution in [1.29, 1.82) is 0 Å². The zero-order chi connectivity index (χ0) is 11.7. The molecule has 0 fully saturated rings. The van der Waals surface area contributed by atoms with Gasteiger partial charge in [-0.3, -0.25) is 19.2 Å². The number of carbonyl (C=O) groups is 4. The van der Waals surface area contributed by atoms with E-state index in [2.05, 4.69) is 0 Å². The molecule has 0 rings (SSSR count). The van der Waals surface area contributed by atoms with Gasteiger partial charge in [-0.2, -0.15) is 0 Å². The number of rotatable bonds is 4. The molecule has 6 nitrogen and oxygen atoms in total. The predicted molar refractivity (Wildman–Crippen MR) is 53.3 cm³/mol. The van der Waals surface area contributed by atoms with Gasteiger partial charge in [0.1, 0.15) is 23.1 Å². The van der Waals surface area contributed by atoms with Crippen molar-refractivity contribution < 1.29 is 51.2 Å². The number of carbonyl (C=O) groups excluding carboxylic acids is 4. The zero-order valence-electron chi connectivity index (χ0n) is 10.3. The molecule has 0 atom stereocenters. The Bertz CT molecular complexity index is 199. The van der Waals surface area contributed by atoms with Crippen LogP contribution in [0.3, 0.4) is 0 Å². The van der Waals surface area contributed by atoms with Crippen LogP contribution in [0.25, 0.3) is 0 Å². The van der Waals surface area contributed by atoms with E-state index in [1.54, 1.807) is 0 Å². The van der Waals surface area contributed by atoms with Gasteiger partial charge in [0.15, 0.2) is 0 Å². The molecule has 17 heavy (non-hydrogen) atoms. The summed E-state index contributed by atoms with van der Waals surface area (Å²) in [5.41, 5.74) is 0. The fraction of sp³-hybridized carbons (Fsp3) is 0.600. The van der Waals surface area contributed by atoms with Crippen molar-refractivity contribution in [2.75, 3.05) is 0 Å². The second-order valence-corrected chi connectivity index (χ2v) is 3.16. The van der Waals surface area contributed by atoms with Gasteiger partial charge in [0.05, 0.1) is 12.8 Å². The van der Waals surface area contributed by atoms with Crippen LogP contribution < -0.4 is 0 Å². The van der Waals surface area contributed by atoms with E-state index >= 15 is 0 Å². The van der Waals surface area contributed by atoms with E-state index in [0.29, 0.717) is 0 Å². The molecule has 98 valence electrons. The van der Waals surface area contributed by atoms with Gasteiger partial charge in [0.2, 0.25) is 0 Å². The van der Waals surface area contributed by atoms with Crippen molar-refractivity contribution >= 4 is 23.1 Å². The molecule has 0 aliphatic heterocycles. The Morgan fingerprint density at radius 1 is 0.588 bits per heavy atom. The minimum Gasteiger partial charge on any atom is -2.00 e. The fourth-order valence-electron chi connectivity index (χ4n) is 0.701. The van der Waals surface area contributed by atoms with E-state index in [1.807, 2.05) is 0 Å². The fourth-order valence-corrected chi connectivity index (χ4v) is 0.701. The molecule has 7 heteroatoms. The van der Waals surface area contributed by atoms with Gasteiger partial charge < -0.3 is 11.0 Å². The topological polar surface area (TPSA) is 125 Å². The van der Waals surface area contributed by atoms with Crippen LogP contribution in [-0.2, 0) is 51.2 Å². The molecule has 0 unspecified atom stereocenters. The third-order valence-corrected chi connectivity index (χ3v) is 0.996. The molecule has 0 aromatic rings. The van der Waals surface area contributed by atoms with E-state index in [1.165, 1.54) is 27.7 Å². The standard InChI is InChI=1S/2C5H8O2.Mo.2O/c2*1-4(6)3-5(2)7;;;/h2*3H2,1-2H3;;;/q;;+4;2*-2. The summed E-state index contributed by atoms with van der Waals surface area (Å²) in [5.74, 6) is -0.250. The number of hydrogen-bond donors (Lipinski definition) is 0. The molecule has 0 aliphatic carbocycles. The molecule has 0 aromatic heterocycles. The minimum absolute atomic E-state index is 0. The zero-order valence-corrected chi connectivity index (χ0v) is 12.3. The normalized spacial score (nSPS) is 6.82. The van der Waals surface area contributed by atoms with Crippen LogP contribution in [-0.4, -0.2) is 23.1 Å². The van der Waals surface area contributed by atoms with Crippen LogP contribution in [0, 0.1) is 0 Å². The van der Waals surface area contributed by atoms with Crippen molar-refractivity contribution in [3.8, 4) is 0 Å². The van der Waals surface area contributed by atoms with Crippen LogP contribution >= 0.6 is 0 Å². The predicted octanol–water partition coefficient (Wildman–Crippen LogP) is 0.869. The number of hydrogen-bond acceptors (Lipinski definition) is 4. The number of Topliss-reactive ketones (excluding diaryl/α,β-unsaturated/α-hetero) is 4. The van der Waals surface area contributed by atoms with Gasteiger partial charge in [-0.25, -0.2) is 0 Å². The largest absolute Gasteiger partial charge is 4.00 e. The van der Waals surface area contributed by atoms with Crippen molar-refractivity contribution in [2.24, 2.45) is 0 Å². The molecule has 0 aliphatic rings. The first-order valence-corrected chi connectivity index (χ1v) is 4.23. The Balaban J connectivity index is -0.0000000480. The van der Waals surface area contributed by atoms with Crippen molar-refractivity contribution in [2.45, 2.75) is 40.5 Å². The average molecular weight is 328 g/mol. The van der Waals surface area contributed by atoms with E-state index in [4.69, 9.17) is 0 Å². The number of ketones is 4. The van der Waals surface area contributed by atoms with Gasteiger partial charge in [-0.1, -0.05) is 0 Å². The van der Waals surface area contributed by atoms with Gasteiger partial charge in [0.25, 0.3) is 0 Å². The Hall–Kier alpha value is -0.712. The Kier molecular flexibility index (Phi) is 31.1. The summed E-state index contributed by atoms with van der Waals surface area (Å²) in [7, 11) is 0. The van der Waals surface area contributed by atoms with E-state index in [9.17, 15) is 19.2 Å². The summed E-state index contributed by atoms with van der Waals surface area (Å²) in [6.07, 6.45) is 0.167. The summed E-state index contributed by atoms with van der Waals surface area (Å²) in [5, 5.41) is 0. The maximum absolute atomic E-state index is 10.0. The third-order valence-electron chi connectivity index (χ3n) is 0.996. The second-order valence-electron chi connectivity index (χ2n) is 3.16. The van der Waals surface area contributed by atoms with Crippen LogP contribution in [0.5, 0.6) is 0 Å². The van der Waals surface area contributed by atoms with Gasteiger partial charge in [0, 0.05) is 0 Å². The van der Waals surface area contributed by atoms with Crippen molar-refractivity contribution in [3.05, 3.63) is 0 Å². The third kappa shape index (κ3) is 50.8. The molecule has 0 saturated carbocycles. The van der Waals surface area contributed by atoms with Crippen LogP contribution in [0.1, 0.15) is 40.5 Å². The van der Waals surface area contributed by atoms with E-state index < -0.39 is 0 Å². The molecule has 0 saturated heterocycles. The summed E-state index contributed by atoms with van der Waals surface area (Å²) >= 11 is 0. The summed E-state index contributed by atoms with van der Waals surface area (Å²) in [6, 6.07) is 0. The minimum atomic E-state index is -0.0625. The van der Waals surface area contributed by atoms with Crippen molar-refractivity contribution in [1.82, 2.24) is 0 Å². The van der Waals surface area contributed by atoms with Crippen molar-refractivity contribution in [3.63, 3.8) is 0 Å². The van der Waals surface area contributed by atoms with E-state index in [0.717, 1.165) is 0 Å². The van der Waals surface area contributed by atoms with Gasteiger partial charge in [-0.15, -0.1) is 0 Å². The van der Waals surface area contributed by atoms with Crippen LogP contribution in [0.4, 0.5) is 0 Å². The molecule has 0 amide bonds. The average Bonchev–Trinajstić information content (AvgIpc) is 1.79. The summed E-state index contributed by atoms with van der Waals surface area (Å²) in [6.45, 7) is 5.62. The van der Waals surface area contributed by atoms with Gasteiger partial charge >= 0.3 is 21.1 Å². The molecule has 0 bridgehead atoms. The van der Waals surface area contributed by atoms with E-state index in [-0.39, 0.29) is 68.0 Å². The maximum atomic E-state index is 10.0. The summed E-state index contributed by atoms with van der Waals surface area (Å²) in [4.78, 5) is 40.1. The SMILES string of the molecule is CC(=O)CC(C)=O.CC(=O)CC(C)=O.[Mo+4].[O-2].[O-2]. The Morgan fingerprint density at radius 3 is 0.706 bits per heavy atom. The second kappa shape index (κ2) is 17.7. The monoisotopic (exact) mass is 330 g/mol. The maximum Gasteiger partial charge on any atom is 4.00 e. The Morgan fingerprint density at radius 2 is 0.706 bits per heavy atom. The smallest absolute Gasteiger partial charge is 2.00 e. The molecule has 0 aromatic carbocycles. The molecule has 0 heterocycles. The first-order chi connectivity index (χ1) is 6.25. The first-order valence-electron chi connectivity index (χ1n) is 4.23. The molecular formula is C10H16MoO6. The van der Waals surface area contributed by atoms with Crippen LogP contribution in [0.15, 0.2) is 0 Å². The molecule has 0 spiro atoms. The molecular weight excluding hydrogens is 312 g/mol.